The molecule has 0 saturated carbocycles. The molecule has 2 heteroatoms. The molecule has 0 radical (unpaired) electrons. The summed E-state index contributed by atoms with van der Waals surface area (Å²) in [7, 11) is 1.16. The number of hydrogen-bond donors (Lipinski definition) is 0. The van der Waals surface area contributed by atoms with E-state index in [0.717, 1.165) is 8.58 Å². The van der Waals surface area contributed by atoms with Crippen LogP contribution in [0.25, 0.3) is 0 Å². The summed E-state index contributed by atoms with van der Waals surface area (Å²) >= 11 is 0. The van der Waals surface area contributed by atoms with Gasteiger partial charge in [0, 0.05) is 40.8 Å². The predicted octanol–water partition coefficient (Wildman–Crippen LogP) is 1.70. The van der Waals surface area contributed by atoms with Gasteiger partial charge in [0.15, 0.2) is 0 Å². The first-order chi connectivity index (χ1) is 2.41. The second-order valence-corrected chi connectivity index (χ2v) is 2.31. The maximum absolute atomic E-state index is 2.24. The van der Waals surface area contributed by atoms with E-state index in [2.05, 4.69) is 13.6 Å². The summed E-state index contributed by atoms with van der Waals surface area (Å²) in [4.78, 5) is 0. The maximum Gasteiger partial charge on any atom is 0 e. The largest absolute Gasteiger partial charge is 0.125 e. The van der Waals surface area contributed by atoms with Crippen molar-refractivity contribution in [2.24, 2.45) is 0 Å². The third kappa shape index (κ3) is 9.24. The van der Waals surface area contributed by atoms with Gasteiger partial charge in [-0.2, -0.15) is 0 Å². The molecule has 6 heavy (non-hydrogen) atoms. The van der Waals surface area contributed by atoms with E-state index in [-0.39, 0.29) is 40.8 Å². The molecule has 1 unspecified atom stereocenters. The van der Waals surface area contributed by atoms with Crippen molar-refractivity contribution in [3.63, 3.8) is 0 Å². The van der Waals surface area contributed by atoms with Crippen LogP contribution < -0.4 is 0 Å². The molecule has 0 nitrogen and oxygen atoms in total. The van der Waals surface area contributed by atoms with Crippen molar-refractivity contribution in [1.29, 1.82) is 0 Å². The van der Waals surface area contributed by atoms with Gasteiger partial charge in [0.1, 0.15) is 0 Å². The molecule has 0 aliphatic rings. The third-order valence-corrected chi connectivity index (χ3v) is 1.50. The van der Waals surface area contributed by atoms with Gasteiger partial charge in [-0.1, -0.05) is 13.3 Å². The van der Waals surface area contributed by atoms with Gasteiger partial charge in [-0.15, -0.1) is 8.58 Å². The van der Waals surface area contributed by atoms with Crippen LogP contribution >= 0.6 is 8.58 Å². The molecule has 0 bridgehead atoms. The fraction of sp³-hybridized carbons (Fsp3) is 1.00. The minimum atomic E-state index is 0. The molecule has 36 valence electrons. The summed E-state index contributed by atoms with van der Waals surface area (Å²) in [6, 6.07) is 0. The molecule has 0 amide bonds. The van der Waals surface area contributed by atoms with Gasteiger partial charge in [-0.25, -0.2) is 0 Å². The van der Waals surface area contributed by atoms with Gasteiger partial charge >= 0.3 is 0 Å². The maximum atomic E-state index is 2.24. The first kappa shape index (κ1) is 10.7. The van der Waals surface area contributed by atoms with E-state index in [1.807, 2.05) is 0 Å². The fourth-order valence-corrected chi connectivity index (χ4v) is 0.750. The van der Waals surface area contributed by atoms with Crippen LogP contribution in [-0.2, 0) is 0 Å². The second-order valence-electron chi connectivity index (χ2n) is 1.10. The summed E-state index contributed by atoms with van der Waals surface area (Å²) in [5, 5.41) is 0. The summed E-state index contributed by atoms with van der Waals surface area (Å²) in [6.07, 6.45) is 2.77. The second kappa shape index (κ2) is 9.91. The molecule has 0 aromatic heterocycles. The Bertz CT molecular complexity index is 15.0. The van der Waals surface area contributed by atoms with E-state index in [9.17, 15) is 0 Å². The standard InChI is InChI=1S/C4H11P.Nd/c1-3-4-5-2;/h5H,3-4H2,1-2H3;. The van der Waals surface area contributed by atoms with E-state index in [0.29, 0.717) is 0 Å². The number of rotatable bonds is 2. The van der Waals surface area contributed by atoms with Gasteiger partial charge in [-0.3, -0.25) is 0 Å². The van der Waals surface area contributed by atoms with E-state index in [1.165, 1.54) is 12.6 Å². The number of hydrogen-bond acceptors (Lipinski definition) is 0. The summed E-state index contributed by atoms with van der Waals surface area (Å²) in [5.41, 5.74) is 0. The summed E-state index contributed by atoms with van der Waals surface area (Å²) in [5.74, 6) is 0. The Morgan fingerprint density at radius 2 is 2.00 bits per heavy atom. The molecule has 0 rings (SSSR count). The van der Waals surface area contributed by atoms with E-state index in [1.54, 1.807) is 0 Å². The van der Waals surface area contributed by atoms with Crippen molar-refractivity contribution in [1.82, 2.24) is 0 Å². The Labute approximate surface area is 74.8 Å². The molecule has 0 fully saturated rings. The molecule has 0 aromatic carbocycles. The zero-order valence-corrected chi connectivity index (χ0v) is 8.62. The molecule has 0 spiro atoms. The van der Waals surface area contributed by atoms with Crippen LogP contribution in [0.1, 0.15) is 13.3 Å². The van der Waals surface area contributed by atoms with Crippen LogP contribution in [0.4, 0.5) is 0 Å². The first-order valence-electron chi connectivity index (χ1n) is 2.06. The van der Waals surface area contributed by atoms with Crippen molar-refractivity contribution in [3.05, 3.63) is 0 Å². The van der Waals surface area contributed by atoms with Crippen LogP contribution in [0.3, 0.4) is 0 Å². The predicted molar refractivity (Wildman–Crippen MR) is 29.4 cm³/mol. The van der Waals surface area contributed by atoms with Gasteiger partial charge in [0.05, 0.1) is 0 Å². The van der Waals surface area contributed by atoms with Crippen LogP contribution in [0.15, 0.2) is 0 Å². The summed E-state index contributed by atoms with van der Waals surface area (Å²) in [6.45, 7) is 4.46. The van der Waals surface area contributed by atoms with Gasteiger partial charge in [-0.05, 0) is 12.8 Å². The van der Waals surface area contributed by atoms with Crippen molar-refractivity contribution in [2.75, 3.05) is 12.8 Å². The molecule has 0 aliphatic carbocycles. The Kier molecular flexibility index (Phi) is 17.7. The van der Waals surface area contributed by atoms with E-state index in [4.69, 9.17) is 0 Å². The molecule has 0 aromatic rings. The smallest absolute Gasteiger partial charge is 0 e. The van der Waals surface area contributed by atoms with Gasteiger partial charge in [0.2, 0.25) is 0 Å². The van der Waals surface area contributed by atoms with Gasteiger partial charge in [0.25, 0.3) is 0 Å². The van der Waals surface area contributed by atoms with Crippen molar-refractivity contribution in [2.45, 2.75) is 13.3 Å². The van der Waals surface area contributed by atoms with Gasteiger partial charge < -0.3 is 0 Å². The third-order valence-electron chi connectivity index (χ3n) is 0.500. The molecule has 0 N–H and O–H groups in total. The Morgan fingerprint density at radius 3 is 2.00 bits per heavy atom. The van der Waals surface area contributed by atoms with Crippen LogP contribution in [0, 0.1) is 40.8 Å². The molecule has 0 saturated heterocycles. The normalized spacial score (nSPS) is 9.00. The molecule has 1 atom stereocenters. The Hall–Kier alpha value is 1.78. The molecule has 0 heterocycles. The average Bonchev–Trinajstić information content (AvgIpc) is 1.41. The van der Waals surface area contributed by atoms with Crippen LogP contribution in [0.2, 0.25) is 0 Å². The SMILES string of the molecule is CCCPC.[Nd]. The topological polar surface area (TPSA) is 0 Å². The minimum Gasteiger partial charge on any atom is -0.125 e. The molecule has 0 aliphatic heterocycles. The van der Waals surface area contributed by atoms with Crippen molar-refractivity contribution < 1.29 is 40.8 Å². The fourth-order valence-electron chi connectivity index (χ4n) is 0.250. The quantitative estimate of drug-likeness (QED) is 0.638. The van der Waals surface area contributed by atoms with Crippen LogP contribution in [-0.4, -0.2) is 12.8 Å². The molecular weight excluding hydrogens is 223 g/mol. The van der Waals surface area contributed by atoms with Crippen molar-refractivity contribution in [3.8, 4) is 0 Å². The Balaban J connectivity index is 0. The van der Waals surface area contributed by atoms with E-state index >= 15 is 0 Å². The monoisotopic (exact) mass is 232 g/mol. The zero-order valence-electron chi connectivity index (χ0n) is 4.41. The molecular formula is C4H11NdP. The van der Waals surface area contributed by atoms with E-state index < -0.39 is 0 Å². The first-order valence-corrected chi connectivity index (χ1v) is 3.77. The summed E-state index contributed by atoms with van der Waals surface area (Å²) < 4.78 is 0. The van der Waals surface area contributed by atoms with Crippen molar-refractivity contribution >= 4 is 8.58 Å². The Morgan fingerprint density at radius 1 is 1.50 bits per heavy atom. The van der Waals surface area contributed by atoms with Crippen LogP contribution in [0.5, 0.6) is 0 Å². The zero-order chi connectivity index (χ0) is 4.12. The minimum absolute atomic E-state index is 0. The average molecular weight is 234 g/mol.